The van der Waals surface area contributed by atoms with Crippen molar-refractivity contribution in [1.29, 1.82) is 0 Å². The summed E-state index contributed by atoms with van der Waals surface area (Å²) in [6, 6.07) is 1.97. The smallest absolute Gasteiger partial charge is 0.0453 e. The average Bonchev–Trinajstić information content (AvgIpc) is 2.22. The zero-order valence-electron chi connectivity index (χ0n) is 9.75. The molecular weight excluding hydrogens is 188 g/mol. The molecule has 2 N–H and O–H groups in total. The van der Waals surface area contributed by atoms with E-state index in [-0.39, 0.29) is 12.1 Å². The van der Waals surface area contributed by atoms with Gasteiger partial charge < -0.3 is 10.4 Å². The molecule has 0 radical (unpaired) electrons. The summed E-state index contributed by atoms with van der Waals surface area (Å²) in [5, 5.41) is 12.5. The number of nitrogens with one attached hydrogen (secondary N) is 1. The Morgan fingerprint density at radius 2 is 2.27 bits per heavy atom. The fraction of sp³-hybridized carbons (Fsp3) is 0.583. The molecule has 0 fully saturated rings. The fourth-order valence-electron chi connectivity index (χ4n) is 1.51. The summed E-state index contributed by atoms with van der Waals surface area (Å²) in [7, 11) is 0. The molecule has 0 aromatic carbocycles. The third kappa shape index (κ3) is 3.20. The molecule has 1 rings (SSSR count). The van der Waals surface area contributed by atoms with Gasteiger partial charge >= 0.3 is 0 Å². The number of hydrogen-bond donors (Lipinski definition) is 2. The number of anilines is 1. The Balaban J connectivity index is 2.79. The Morgan fingerprint density at radius 1 is 1.53 bits per heavy atom. The van der Waals surface area contributed by atoms with E-state index in [0.29, 0.717) is 0 Å². The van der Waals surface area contributed by atoms with Gasteiger partial charge in [-0.15, -0.1) is 0 Å². The van der Waals surface area contributed by atoms with Gasteiger partial charge in [0.15, 0.2) is 0 Å². The summed E-state index contributed by atoms with van der Waals surface area (Å²) in [6.45, 7) is 6.49. The summed E-state index contributed by atoms with van der Waals surface area (Å²) in [5.41, 5.74) is 2.19. The molecule has 3 heteroatoms. The van der Waals surface area contributed by atoms with E-state index in [4.69, 9.17) is 5.11 Å². The highest BCUT2D eigenvalue weighted by atomic mass is 16.3. The minimum atomic E-state index is -0.0408. The van der Waals surface area contributed by atoms with Crippen LogP contribution in [0.25, 0.3) is 0 Å². The molecule has 1 aromatic rings. The molecule has 0 bridgehead atoms. The third-order valence-corrected chi connectivity index (χ3v) is 2.90. The lowest BCUT2D eigenvalue weighted by molar-refractivity contribution is 0.252. The Bertz CT molecular complexity index is 314. The van der Waals surface area contributed by atoms with E-state index in [2.05, 4.69) is 24.1 Å². The van der Waals surface area contributed by atoms with Crippen molar-refractivity contribution in [3.05, 3.63) is 24.0 Å². The van der Waals surface area contributed by atoms with E-state index in [0.717, 1.165) is 24.1 Å². The summed E-state index contributed by atoms with van der Waals surface area (Å²) in [6.07, 6.45) is 5.36. The molecule has 0 amide bonds. The maximum Gasteiger partial charge on any atom is 0.0453 e. The molecule has 1 aromatic heterocycles. The Morgan fingerprint density at radius 3 is 2.80 bits per heavy atom. The van der Waals surface area contributed by atoms with Gasteiger partial charge in [-0.3, -0.25) is 4.98 Å². The second kappa shape index (κ2) is 5.12. The maximum absolute atomic E-state index is 9.03. The molecule has 1 heterocycles. The maximum atomic E-state index is 9.03. The van der Waals surface area contributed by atoms with Crippen LogP contribution in [0, 0.1) is 6.92 Å². The average molecular weight is 208 g/mol. The summed E-state index contributed by atoms with van der Waals surface area (Å²) in [5.74, 6) is 0. The molecule has 0 saturated carbocycles. The standard InChI is InChI=1S/C12H20N2O/c1-4-12(3,6-8-15)14-11-5-7-13-9-10(11)2/h5,7,9,15H,4,6,8H2,1-3H3,(H,13,14). The quantitative estimate of drug-likeness (QED) is 0.780. The van der Waals surface area contributed by atoms with Crippen molar-refractivity contribution >= 4 is 5.69 Å². The van der Waals surface area contributed by atoms with Crippen molar-refractivity contribution in [1.82, 2.24) is 4.98 Å². The van der Waals surface area contributed by atoms with Gasteiger partial charge in [0.25, 0.3) is 0 Å². The monoisotopic (exact) mass is 208 g/mol. The first kappa shape index (κ1) is 12.0. The minimum absolute atomic E-state index is 0.0408. The van der Waals surface area contributed by atoms with E-state index in [1.807, 2.05) is 19.2 Å². The Kier molecular flexibility index (Phi) is 4.09. The number of aromatic nitrogens is 1. The van der Waals surface area contributed by atoms with Crippen LogP contribution in [-0.4, -0.2) is 22.2 Å². The number of nitrogens with zero attached hydrogens (tertiary/aromatic N) is 1. The molecule has 0 aliphatic rings. The topological polar surface area (TPSA) is 45.1 Å². The van der Waals surface area contributed by atoms with Crippen molar-refractivity contribution in [3.8, 4) is 0 Å². The minimum Gasteiger partial charge on any atom is -0.396 e. The molecule has 0 saturated heterocycles. The molecule has 0 aliphatic heterocycles. The van der Waals surface area contributed by atoms with Gasteiger partial charge in [-0.1, -0.05) is 6.92 Å². The highest BCUT2D eigenvalue weighted by Crippen LogP contribution is 2.23. The van der Waals surface area contributed by atoms with E-state index in [1.165, 1.54) is 0 Å². The van der Waals surface area contributed by atoms with E-state index >= 15 is 0 Å². The summed E-state index contributed by atoms with van der Waals surface area (Å²) in [4.78, 5) is 4.06. The van der Waals surface area contributed by atoms with Gasteiger partial charge in [0.2, 0.25) is 0 Å². The molecule has 3 nitrogen and oxygen atoms in total. The van der Waals surface area contributed by atoms with Crippen molar-refractivity contribution in [2.24, 2.45) is 0 Å². The lowest BCUT2D eigenvalue weighted by Gasteiger charge is -2.30. The van der Waals surface area contributed by atoms with Gasteiger partial charge in [-0.05, 0) is 38.3 Å². The molecule has 0 aliphatic carbocycles. The van der Waals surface area contributed by atoms with Crippen LogP contribution in [0.15, 0.2) is 18.5 Å². The molecule has 1 unspecified atom stereocenters. The molecule has 0 spiro atoms. The number of aliphatic hydroxyl groups is 1. The van der Waals surface area contributed by atoms with Crippen LogP contribution in [0.4, 0.5) is 5.69 Å². The number of aryl methyl sites for hydroxylation is 1. The number of hydrogen-bond acceptors (Lipinski definition) is 3. The number of aliphatic hydroxyl groups excluding tert-OH is 1. The fourth-order valence-corrected chi connectivity index (χ4v) is 1.51. The van der Waals surface area contributed by atoms with Gasteiger partial charge in [0, 0.05) is 30.2 Å². The highest BCUT2D eigenvalue weighted by molar-refractivity contribution is 5.50. The first-order chi connectivity index (χ1) is 7.11. The zero-order valence-corrected chi connectivity index (χ0v) is 9.75. The predicted molar refractivity (Wildman–Crippen MR) is 63.0 cm³/mol. The first-order valence-corrected chi connectivity index (χ1v) is 5.41. The zero-order chi connectivity index (χ0) is 11.3. The van der Waals surface area contributed by atoms with Crippen LogP contribution >= 0.6 is 0 Å². The van der Waals surface area contributed by atoms with Crippen LogP contribution < -0.4 is 5.32 Å². The largest absolute Gasteiger partial charge is 0.396 e. The molecule has 84 valence electrons. The number of rotatable bonds is 5. The molecule has 1 atom stereocenters. The van der Waals surface area contributed by atoms with E-state index < -0.39 is 0 Å². The van der Waals surface area contributed by atoms with Crippen LogP contribution in [0.2, 0.25) is 0 Å². The number of pyridine rings is 1. The van der Waals surface area contributed by atoms with Crippen LogP contribution in [-0.2, 0) is 0 Å². The van der Waals surface area contributed by atoms with Gasteiger partial charge in [-0.2, -0.15) is 0 Å². The normalized spacial score (nSPS) is 14.7. The lowest BCUT2D eigenvalue weighted by Crippen LogP contribution is -2.35. The lowest BCUT2D eigenvalue weighted by atomic mass is 9.94. The van der Waals surface area contributed by atoms with Gasteiger partial charge in [-0.25, -0.2) is 0 Å². The highest BCUT2D eigenvalue weighted by Gasteiger charge is 2.21. The van der Waals surface area contributed by atoms with Crippen LogP contribution in [0.3, 0.4) is 0 Å². The van der Waals surface area contributed by atoms with Crippen molar-refractivity contribution < 1.29 is 5.11 Å². The van der Waals surface area contributed by atoms with Crippen LogP contribution in [0.5, 0.6) is 0 Å². The van der Waals surface area contributed by atoms with E-state index in [9.17, 15) is 0 Å². The van der Waals surface area contributed by atoms with Gasteiger partial charge in [0.1, 0.15) is 0 Å². The third-order valence-electron chi connectivity index (χ3n) is 2.90. The van der Waals surface area contributed by atoms with E-state index in [1.54, 1.807) is 6.20 Å². The molecular formula is C12H20N2O. The predicted octanol–water partition coefficient (Wildman–Crippen LogP) is 2.35. The van der Waals surface area contributed by atoms with Crippen LogP contribution in [0.1, 0.15) is 32.3 Å². The Labute approximate surface area is 91.5 Å². The SMILES string of the molecule is CCC(C)(CCO)Nc1ccncc1C. The second-order valence-electron chi connectivity index (χ2n) is 4.20. The first-order valence-electron chi connectivity index (χ1n) is 5.41. The molecule has 15 heavy (non-hydrogen) atoms. The second-order valence-corrected chi connectivity index (χ2v) is 4.20. The van der Waals surface area contributed by atoms with Crippen molar-refractivity contribution in [3.63, 3.8) is 0 Å². The van der Waals surface area contributed by atoms with Crippen molar-refractivity contribution in [2.45, 2.75) is 39.2 Å². The summed E-state index contributed by atoms with van der Waals surface area (Å²) < 4.78 is 0. The Hall–Kier alpha value is -1.09. The van der Waals surface area contributed by atoms with Gasteiger partial charge in [0.05, 0.1) is 0 Å². The summed E-state index contributed by atoms with van der Waals surface area (Å²) >= 11 is 0. The van der Waals surface area contributed by atoms with Crippen molar-refractivity contribution in [2.75, 3.05) is 11.9 Å².